The second-order valence-electron chi connectivity index (χ2n) is 19.2. The molecule has 1 aromatic heterocycles. The molecule has 3 fully saturated rings. The standard InChI is InChI=1S/C49H60N6O9/c1-7-29-20-30-23-48(44(58)62-6,39-32(14-18-54(25-29)26-30)31-12-9-10-13-35(31)52-39)34-21-33-36(22-37(34)61-5)53(4)42-47(33)16-19-55-17-11-15-46(8-2,41(47)55)43(63-28(3)56)49(42,60)27-51-40(57)38-24-50-45(59)64-38/h9-13,15,20-22,30,38,41-43,52,60H,7-8,14,16-19,23-27H2,1-6H3,(H,50,59)(H,51,57)/t30-,38+,41-,42+,43+,46+,47+,48-,49+/m0/s1. The summed E-state index contributed by atoms with van der Waals surface area (Å²) in [7, 11) is 5.04. The van der Waals surface area contributed by atoms with Crippen molar-refractivity contribution in [1.29, 1.82) is 0 Å². The van der Waals surface area contributed by atoms with Gasteiger partial charge in [0.05, 0.1) is 33.4 Å². The van der Waals surface area contributed by atoms with Crippen molar-refractivity contribution in [2.24, 2.45) is 11.3 Å². The fourth-order valence-electron chi connectivity index (χ4n) is 13.9. The Kier molecular flexibility index (Phi) is 10.2. The summed E-state index contributed by atoms with van der Waals surface area (Å²) in [6.07, 6.45) is 6.91. The van der Waals surface area contributed by atoms with Crippen LogP contribution in [0.15, 0.2) is 60.2 Å². The molecule has 6 aliphatic heterocycles. The van der Waals surface area contributed by atoms with Crippen molar-refractivity contribution >= 4 is 40.5 Å². The topological polar surface area (TPSA) is 175 Å². The van der Waals surface area contributed by atoms with Crippen LogP contribution in [0.2, 0.25) is 0 Å². The van der Waals surface area contributed by atoms with Gasteiger partial charge in [0, 0.05) is 90.9 Å². The molecule has 1 aliphatic carbocycles. The number of aromatic nitrogens is 1. The molecule has 7 heterocycles. The fraction of sp³-hybridized carbons (Fsp3) is 0.551. The molecule has 1 saturated carbocycles. The molecular weight excluding hydrogens is 817 g/mol. The molecule has 4 N–H and O–H groups in total. The van der Waals surface area contributed by atoms with Gasteiger partial charge in [-0.3, -0.25) is 24.2 Å². The second-order valence-corrected chi connectivity index (χ2v) is 19.2. The highest BCUT2D eigenvalue weighted by Gasteiger charge is 2.78. The molecule has 15 nitrogen and oxygen atoms in total. The van der Waals surface area contributed by atoms with Crippen LogP contribution in [0.25, 0.3) is 10.9 Å². The molecule has 0 radical (unpaired) electrons. The lowest BCUT2D eigenvalue weighted by atomic mass is 9.47. The number of carbonyl (C=O) groups excluding carboxylic acids is 4. The molecule has 340 valence electrons. The summed E-state index contributed by atoms with van der Waals surface area (Å²) in [5, 5.41) is 20.4. The van der Waals surface area contributed by atoms with Gasteiger partial charge in [-0.05, 0) is 67.8 Å². The lowest BCUT2D eigenvalue weighted by Gasteiger charge is -2.64. The number of methoxy groups -OCH3 is 2. The number of hydrogen-bond acceptors (Lipinski definition) is 12. The van der Waals surface area contributed by atoms with Crippen LogP contribution in [0.5, 0.6) is 5.75 Å². The number of para-hydroxylation sites is 1. The van der Waals surface area contributed by atoms with E-state index in [1.54, 1.807) is 7.11 Å². The van der Waals surface area contributed by atoms with Crippen molar-refractivity contribution in [1.82, 2.24) is 25.4 Å². The molecule has 1 spiro atoms. The summed E-state index contributed by atoms with van der Waals surface area (Å²) < 4.78 is 24.1. The summed E-state index contributed by atoms with van der Waals surface area (Å²) in [5.74, 6) is -0.995. The monoisotopic (exact) mass is 876 g/mol. The van der Waals surface area contributed by atoms with Crippen LogP contribution in [0.1, 0.15) is 68.8 Å². The SMILES string of the molecule is CCC1=C[C@@H]2CN(CCc3c([nH]c4ccccc34)[C@@](C(=O)OC)(c3cc4c(cc3OC)N(C)[C@H]3[C@](O)(CNC(=O)[C@H]5CNC(=O)O5)[C@H](OC(C)=O)[C@]5(CC)C=CCN6CC[C@]43[C@@H]65)C2)C1. The molecule has 2 aromatic carbocycles. The number of nitrogens with one attached hydrogen (secondary N) is 3. The number of carbonyl (C=O) groups is 4. The molecule has 2 amide bonds. The highest BCUT2D eigenvalue weighted by Crippen LogP contribution is 2.68. The van der Waals surface area contributed by atoms with Crippen LogP contribution in [0.3, 0.4) is 0 Å². The molecule has 64 heavy (non-hydrogen) atoms. The van der Waals surface area contributed by atoms with E-state index < -0.39 is 58.1 Å². The van der Waals surface area contributed by atoms with Crippen molar-refractivity contribution in [3.8, 4) is 5.75 Å². The number of cyclic esters (lactones) is 1. The van der Waals surface area contributed by atoms with Gasteiger partial charge in [0.2, 0.25) is 0 Å². The first-order valence-corrected chi connectivity index (χ1v) is 22.9. The minimum absolute atomic E-state index is 0.00659. The van der Waals surface area contributed by atoms with Gasteiger partial charge in [-0.1, -0.05) is 55.8 Å². The lowest BCUT2D eigenvalue weighted by molar-refractivity contribution is -0.217. The molecule has 15 heteroatoms. The Morgan fingerprint density at radius 2 is 1.89 bits per heavy atom. The van der Waals surface area contributed by atoms with E-state index in [4.69, 9.17) is 18.9 Å². The molecule has 3 aromatic rings. The largest absolute Gasteiger partial charge is 0.496 e. The van der Waals surface area contributed by atoms with Gasteiger partial charge in [0.15, 0.2) is 6.10 Å². The molecule has 7 aliphatic rings. The van der Waals surface area contributed by atoms with E-state index in [1.807, 2.05) is 25.2 Å². The Morgan fingerprint density at radius 3 is 2.61 bits per heavy atom. The Bertz CT molecular complexity index is 2500. The minimum atomic E-state index is -1.89. The summed E-state index contributed by atoms with van der Waals surface area (Å²) in [6.45, 7) is 9.16. The van der Waals surface area contributed by atoms with E-state index in [1.165, 1.54) is 19.6 Å². The summed E-state index contributed by atoms with van der Waals surface area (Å²) in [4.78, 5) is 65.2. The zero-order valence-corrected chi connectivity index (χ0v) is 37.6. The smallest absolute Gasteiger partial charge is 0.408 e. The lowest BCUT2D eigenvalue weighted by Crippen LogP contribution is -2.81. The second kappa shape index (κ2) is 15.4. The first-order chi connectivity index (χ1) is 30.8. The van der Waals surface area contributed by atoms with Crippen LogP contribution in [0, 0.1) is 11.3 Å². The number of ether oxygens (including phenoxy) is 4. The van der Waals surface area contributed by atoms with Gasteiger partial charge in [-0.25, -0.2) is 4.79 Å². The van der Waals surface area contributed by atoms with Crippen LogP contribution >= 0.6 is 0 Å². The number of H-pyrrole nitrogens is 1. The predicted octanol–water partition coefficient (Wildman–Crippen LogP) is 3.85. The number of benzene rings is 2. The molecule has 2 bridgehead atoms. The molecule has 10 rings (SSSR count). The Labute approximate surface area is 373 Å². The van der Waals surface area contributed by atoms with E-state index in [0.29, 0.717) is 43.7 Å². The number of nitrogens with zero attached hydrogens (tertiary/aromatic N) is 3. The van der Waals surface area contributed by atoms with Gasteiger partial charge < -0.3 is 44.6 Å². The number of likely N-dealkylation sites (N-methyl/N-ethyl adjacent to an activating group) is 1. The summed E-state index contributed by atoms with van der Waals surface area (Å²) in [5.41, 5.74) is 1.64. The third-order valence-corrected chi connectivity index (χ3v) is 16.2. The van der Waals surface area contributed by atoms with E-state index in [-0.39, 0.29) is 31.0 Å². The molecule has 1 unspecified atom stereocenters. The van der Waals surface area contributed by atoms with Crippen LogP contribution in [-0.2, 0) is 45.8 Å². The fourth-order valence-corrected chi connectivity index (χ4v) is 13.9. The molecule has 10 atom stereocenters. The molecular formula is C49H60N6O9. The number of anilines is 1. The van der Waals surface area contributed by atoms with Gasteiger partial charge in [-0.2, -0.15) is 0 Å². The van der Waals surface area contributed by atoms with E-state index in [0.717, 1.165) is 65.9 Å². The van der Waals surface area contributed by atoms with Crippen molar-refractivity contribution in [3.63, 3.8) is 0 Å². The number of aliphatic hydroxyl groups is 1. The minimum Gasteiger partial charge on any atom is -0.496 e. The predicted molar refractivity (Wildman–Crippen MR) is 238 cm³/mol. The molecule has 2 saturated heterocycles. The average Bonchev–Trinajstić information content (AvgIpc) is 4.08. The normalized spacial score (nSPS) is 34.8. The highest BCUT2D eigenvalue weighted by atomic mass is 16.6. The summed E-state index contributed by atoms with van der Waals surface area (Å²) >= 11 is 0. The zero-order chi connectivity index (χ0) is 44.9. The average molecular weight is 877 g/mol. The van der Waals surface area contributed by atoms with E-state index in [2.05, 4.69) is 80.6 Å². The van der Waals surface area contributed by atoms with Crippen LogP contribution in [-0.4, -0.2) is 141 Å². The Balaban J connectivity index is 1.23. The first kappa shape index (κ1) is 42.6. The number of alkyl carbamates (subject to hydrolysis) is 1. The third-order valence-electron chi connectivity index (χ3n) is 16.2. The van der Waals surface area contributed by atoms with E-state index >= 15 is 4.79 Å². The highest BCUT2D eigenvalue weighted by molar-refractivity contribution is 5.94. The van der Waals surface area contributed by atoms with Gasteiger partial charge >= 0.3 is 18.0 Å². The Morgan fingerprint density at radius 1 is 1.08 bits per heavy atom. The number of amides is 2. The van der Waals surface area contributed by atoms with Gasteiger partial charge in [-0.15, -0.1) is 0 Å². The first-order valence-electron chi connectivity index (χ1n) is 22.9. The maximum Gasteiger partial charge on any atom is 0.408 e. The number of esters is 2. The summed E-state index contributed by atoms with van der Waals surface area (Å²) in [6, 6.07) is 11.4. The third kappa shape index (κ3) is 5.88. The quantitative estimate of drug-likeness (QED) is 0.139. The van der Waals surface area contributed by atoms with Crippen molar-refractivity contribution < 1.29 is 43.2 Å². The van der Waals surface area contributed by atoms with Crippen LogP contribution < -0.4 is 20.3 Å². The van der Waals surface area contributed by atoms with Gasteiger partial charge in [0.1, 0.15) is 22.9 Å². The Hall–Kier alpha value is -5.38. The van der Waals surface area contributed by atoms with Crippen molar-refractivity contribution in [2.75, 3.05) is 72.0 Å². The number of rotatable bonds is 9. The number of hydrogen-bond donors (Lipinski definition) is 4. The van der Waals surface area contributed by atoms with Crippen LogP contribution in [0.4, 0.5) is 10.5 Å². The maximum atomic E-state index is 15.4. The van der Waals surface area contributed by atoms with Crippen molar-refractivity contribution in [3.05, 3.63) is 82.6 Å². The van der Waals surface area contributed by atoms with Gasteiger partial charge in [0.25, 0.3) is 5.91 Å². The number of aromatic amines is 1. The van der Waals surface area contributed by atoms with E-state index in [9.17, 15) is 19.5 Å². The maximum absolute atomic E-state index is 15.4. The number of fused-ring (bicyclic) bond motifs is 6. The zero-order valence-electron chi connectivity index (χ0n) is 37.6. The van der Waals surface area contributed by atoms with Crippen molar-refractivity contribution in [2.45, 2.75) is 93.6 Å².